The maximum Gasteiger partial charge on any atom is 0.214 e. The fraction of sp³-hybridized carbons (Fsp3) is 0.0526. The van der Waals surface area contributed by atoms with Gasteiger partial charge < -0.3 is 9.68 Å². The van der Waals surface area contributed by atoms with Crippen LogP contribution in [0.2, 0.25) is 0 Å². The first kappa shape index (κ1) is 26.7. The summed E-state index contributed by atoms with van der Waals surface area (Å²) >= 11 is 0. The average Bonchev–Trinajstić information content (AvgIpc) is 3.09. The van der Waals surface area contributed by atoms with E-state index < -0.39 is 11.2 Å². The van der Waals surface area contributed by atoms with Crippen LogP contribution in [0.4, 0.5) is 0 Å². The van der Waals surface area contributed by atoms with Gasteiger partial charge in [0.2, 0.25) is 11.2 Å². The van der Waals surface area contributed by atoms with Crippen LogP contribution in [0.1, 0.15) is 33.4 Å². The van der Waals surface area contributed by atoms with Gasteiger partial charge in [0.1, 0.15) is 0 Å². The molecule has 0 atom stereocenters. The molecule has 0 fully saturated rings. The summed E-state index contributed by atoms with van der Waals surface area (Å²) < 4.78 is 0. The summed E-state index contributed by atoms with van der Waals surface area (Å²) in [5.74, 6) is 0. The monoisotopic (exact) mass is 546 g/mol. The summed E-state index contributed by atoms with van der Waals surface area (Å²) in [6, 6.07) is 60.4. The molecule has 0 aliphatic heterocycles. The summed E-state index contributed by atoms with van der Waals surface area (Å²) in [5.41, 5.74) is 3.38. The second-order valence-electron chi connectivity index (χ2n) is 9.90. The molecular formula is C38H30N2O2. The van der Waals surface area contributed by atoms with Gasteiger partial charge in [0.15, 0.2) is 0 Å². The van der Waals surface area contributed by atoms with E-state index in [1.807, 2.05) is 182 Å². The third kappa shape index (κ3) is 5.06. The molecule has 0 aromatic heterocycles. The minimum absolute atomic E-state index is 0.918. The molecule has 0 bridgehead atoms. The predicted octanol–water partition coefficient (Wildman–Crippen LogP) is 9.29. The van der Waals surface area contributed by atoms with E-state index in [0.717, 1.165) is 33.4 Å². The molecule has 0 amide bonds. The smallest absolute Gasteiger partial charge is 0.214 e. The van der Waals surface area contributed by atoms with Crippen LogP contribution in [0.15, 0.2) is 193 Å². The normalized spacial score (nSPS) is 11.7. The van der Waals surface area contributed by atoms with Gasteiger partial charge >= 0.3 is 0 Å². The Bertz CT molecular complexity index is 1370. The first-order chi connectivity index (χ1) is 20.8. The highest BCUT2D eigenvalue weighted by molar-refractivity contribution is 5.48. The molecule has 6 aromatic carbocycles. The van der Waals surface area contributed by atoms with Gasteiger partial charge in [-0.1, -0.05) is 182 Å². The first-order valence-corrected chi connectivity index (χ1v) is 13.9. The SMILES string of the molecule is c1ccc(C(O/N=N/OC(c2ccccc2)(c2ccccc2)c2ccccc2)(c2ccccc2)c2ccccc2)cc1. The van der Waals surface area contributed by atoms with E-state index in [1.165, 1.54) is 0 Å². The molecule has 0 radical (unpaired) electrons. The Kier molecular flexibility index (Phi) is 7.87. The van der Waals surface area contributed by atoms with Crippen molar-refractivity contribution in [1.82, 2.24) is 0 Å². The lowest BCUT2D eigenvalue weighted by molar-refractivity contribution is -0.0649. The van der Waals surface area contributed by atoms with E-state index in [2.05, 4.69) is 10.6 Å². The summed E-state index contributed by atoms with van der Waals surface area (Å²) in [6.07, 6.45) is 0. The highest BCUT2D eigenvalue weighted by Crippen LogP contribution is 2.43. The summed E-state index contributed by atoms with van der Waals surface area (Å²) in [6.45, 7) is 0. The van der Waals surface area contributed by atoms with E-state index in [4.69, 9.17) is 9.68 Å². The van der Waals surface area contributed by atoms with Crippen LogP contribution < -0.4 is 0 Å². The highest BCUT2D eigenvalue weighted by atomic mass is 16.7. The van der Waals surface area contributed by atoms with E-state index in [-0.39, 0.29) is 0 Å². The van der Waals surface area contributed by atoms with Crippen molar-refractivity contribution in [3.63, 3.8) is 0 Å². The fourth-order valence-corrected chi connectivity index (χ4v) is 5.51. The van der Waals surface area contributed by atoms with Gasteiger partial charge in [-0.15, -0.1) is 0 Å². The van der Waals surface area contributed by atoms with E-state index >= 15 is 0 Å². The standard InChI is InChI=1S/C38H30N2O2/c1-7-19-31(20-8-1)37(32-21-9-2-10-22-32,33-23-11-3-12-24-33)41-39-40-42-38(34-25-13-4-14-26-34,35-27-15-5-16-28-35)36-29-17-6-18-30-36/h1-30H/b40-39+. The summed E-state index contributed by atoms with van der Waals surface area (Å²) in [5, 5.41) is 8.67. The van der Waals surface area contributed by atoms with Gasteiger partial charge in [0.05, 0.1) is 10.6 Å². The molecule has 204 valence electrons. The molecular weight excluding hydrogens is 516 g/mol. The molecule has 0 N–H and O–H groups in total. The van der Waals surface area contributed by atoms with Crippen molar-refractivity contribution < 1.29 is 9.68 Å². The highest BCUT2D eigenvalue weighted by Gasteiger charge is 2.41. The Labute approximate surface area is 246 Å². The second kappa shape index (κ2) is 12.4. The van der Waals surface area contributed by atoms with Crippen LogP contribution in [0.25, 0.3) is 0 Å². The fourth-order valence-electron chi connectivity index (χ4n) is 5.51. The van der Waals surface area contributed by atoms with Crippen LogP contribution in [0.5, 0.6) is 0 Å². The molecule has 4 nitrogen and oxygen atoms in total. The van der Waals surface area contributed by atoms with E-state index in [1.54, 1.807) is 0 Å². The molecule has 0 saturated carbocycles. The lowest BCUT2D eigenvalue weighted by Gasteiger charge is -2.34. The third-order valence-electron chi connectivity index (χ3n) is 7.47. The quantitative estimate of drug-likeness (QED) is 0.0976. The number of hydrogen-bond donors (Lipinski definition) is 0. The van der Waals surface area contributed by atoms with Crippen molar-refractivity contribution in [2.75, 3.05) is 0 Å². The predicted molar refractivity (Wildman–Crippen MR) is 165 cm³/mol. The maximum atomic E-state index is 6.52. The molecule has 6 rings (SSSR count). The lowest BCUT2D eigenvalue weighted by Crippen LogP contribution is -2.32. The molecule has 0 saturated heterocycles. The number of benzene rings is 6. The van der Waals surface area contributed by atoms with Crippen molar-refractivity contribution in [3.05, 3.63) is 215 Å². The number of nitrogens with zero attached hydrogens (tertiary/aromatic N) is 2. The van der Waals surface area contributed by atoms with Crippen molar-refractivity contribution in [3.8, 4) is 0 Å². The molecule has 6 aromatic rings. The molecule has 4 heteroatoms. The summed E-state index contributed by atoms with van der Waals surface area (Å²) in [4.78, 5) is 13.0. The third-order valence-corrected chi connectivity index (χ3v) is 7.47. The van der Waals surface area contributed by atoms with Gasteiger partial charge in [-0.2, -0.15) is 0 Å². The van der Waals surface area contributed by atoms with Crippen LogP contribution in [0.3, 0.4) is 0 Å². The van der Waals surface area contributed by atoms with Gasteiger partial charge in [-0.05, 0) is 0 Å². The topological polar surface area (TPSA) is 43.2 Å². The van der Waals surface area contributed by atoms with Gasteiger partial charge in [-0.25, -0.2) is 0 Å². The van der Waals surface area contributed by atoms with E-state index in [9.17, 15) is 0 Å². The van der Waals surface area contributed by atoms with Crippen molar-refractivity contribution in [2.24, 2.45) is 10.6 Å². The second-order valence-corrected chi connectivity index (χ2v) is 9.90. The molecule has 42 heavy (non-hydrogen) atoms. The zero-order valence-electron chi connectivity index (χ0n) is 23.0. The van der Waals surface area contributed by atoms with E-state index in [0.29, 0.717) is 0 Å². The first-order valence-electron chi connectivity index (χ1n) is 13.9. The van der Waals surface area contributed by atoms with Crippen molar-refractivity contribution in [2.45, 2.75) is 11.2 Å². The van der Waals surface area contributed by atoms with Gasteiger partial charge in [0.25, 0.3) is 0 Å². The van der Waals surface area contributed by atoms with Crippen LogP contribution in [-0.4, -0.2) is 0 Å². The van der Waals surface area contributed by atoms with Gasteiger partial charge in [0, 0.05) is 33.4 Å². The Morgan fingerprint density at radius 1 is 0.262 bits per heavy atom. The van der Waals surface area contributed by atoms with Crippen LogP contribution in [0, 0.1) is 0 Å². The average molecular weight is 547 g/mol. The Morgan fingerprint density at radius 3 is 0.595 bits per heavy atom. The van der Waals surface area contributed by atoms with Crippen molar-refractivity contribution in [1.29, 1.82) is 0 Å². The minimum Gasteiger partial charge on any atom is -0.356 e. The zero-order valence-corrected chi connectivity index (χ0v) is 23.0. The van der Waals surface area contributed by atoms with Crippen molar-refractivity contribution >= 4 is 0 Å². The van der Waals surface area contributed by atoms with Crippen LogP contribution >= 0.6 is 0 Å². The molecule has 0 heterocycles. The maximum absolute atomic E-state index is 6.52. The van der Waals surface area contributed by atoms with Gasteiger partial charge in [-0.3, -0.25) is 0 Å². The summed E-state index contributed by atoms with van der Waals surface area (Å²) in [7, 11) is 0. The molecule has 0 unspecified atom stereocenters. The Hall–Kier alpha value is -5.48. The molecule has 0 aliphatic carbocycles. The molecule has 0 spiro atoms. The minimum atomic E-state index is -1.06. The Morgan fingerprint density at radius 2 is 0.429 bits per heavy atom. The Balaban J connectivity index is 1.48. The largest absolute Gasteiger partial charge is 0.356 e. The van der Waals surface area contributed by atoms with Crippen LogP contribution in [-0.2, 0) is 20.9 Å². The number of hydrogen-bond acceptors (Lipinski definition) is 4. The lowest BCUT2D eigenvalue weighted by atomic mass is 9.80. The zero-order chi connectivity index (χ0) is 28.5. The number of rotatable bonds is 10. The molecule has 0 aliphatic rings.